The van der Waals surface area contributed by atoms with E-state index < -0.39 is 18.0 Å². The van der Waals surface area contributed by atoms with Crippen molar-refractivity contribution in [2.24, 2.45) is 0 Å². The van der Waals surface area contributed by atoms with Gasteiger partial charge in [0.25, 0.3) is 0 Å². The zero-order chi connectivity index (χ0) is 17.9. The van der Waals surface area contributed by atoms with Crippen LogP contribution < -0.4 is 15.4 Å². The van der Waals surface area contributed by atoms with Crippen LogP contribution in [0.1, 0.15) is 13.8 Å². The molecular formula is C15H15Cl3N2O4. The maximum atomic E-state index is 12.1. The summed E-state index contributed by atoms with van der Waals surface area (Å²) < 4.78 is 10.6. The van der Waals surface area contributed by atoms with Crippen LogP contribution in [0.3, 0.4) is 0 Å². The summed E-state index contributed by atoms with van der Waals surface area (Å²) in [4.78, 5) is 23.8. The smallest absolute Gasteiger partial charge is 0.338 e. The SMILES string of the molecule is CCOC(=O)C1=C(COc2cc(Cl)c(Cl)cc2Cl)NC(=O)N[C@@H]1C. The van der Waals surface area contributed by atoms with Gasteiger partial charge in [0.1, 0.15) is 12.4 Å². The molecule has 1 aromatic rings. The van der Waals surface area contributed by atoms with Crippen molar-refractivity contribution < 1.29 is 19.1 Å². The van der Waals surface area contributed by atoms with Crippen LogP contribution in [-0.4, -0.2) is 31.3 Å². The fourth-order valence-electron chi connectivity index (χ4n) is 2.16. The first-order valence-electron chi connectivity index (χ1n) is 7.08. The van der Waals surface area contributed by atoms with Crippen LogP contribution in [-0.2, 0) is 9.53 Å². The van der Waals surface area contributed by atoms with Gasteiger partial charge >= 0.3 is 12.0 Å². The molecular weight excluding hydrogens is 379 g/mol. The van der Waals surface area contributed by atoms with Gasteiger partial charge in [-0.15, -0.1) is 0 Å². The van der Waals surface area contributed by atoms with Gasteiger partial charge in [-0.25, -0.2) is 9.59 Å². The molecule has 2 amide bonds. The average molecular weight is 394 g/mol. The number of carbonyl (C=O) groups excluding carboxylic acids is 2. The zero-order valence-corrected chi connectivity index (χ0v) is 15.2. The third kappa shape index (κ3) is 4.26. The minimum Gasteiger partial charge on any atom is -0.486 e. The molecule has 0 unspecified atom stereocenters. The van der Waals surface area contributed by atoms with Crippen LogP contribution >= 0.6 is 34.8 Å². The van der Waals surface area contributed by atoms with E-state index in [9.17, 15) is 9.59 Å². The lowest BCUT2D eigenvalue weighted by Crippen LogP contribution is -2.50. The Labute approximate surface area is 154 Å². The van der Waals surface area contributed by atoms with Gasteiger partial charge in [-0.05, 0) is 19.9 Å². The van der Waals surface area contributed by atoms with E-state index in [1.54, 1.807) is 13.8 Å². The average Bonchev–Trinajstić information content (AvgIpc) is 2.49. The van der Waals surface area contributed by atoms with E-state index >= 15 is 0 Å². The van der Waals surface area contributed by atoms with Gasteiger partial charge in [0.2, 0.25) is 0 Å². The van der Waals surface area contributed by atoms with E-state index in [4.69, 9.17) is 44.3 Å². The van der Waals surface area contributed by atoms with E-state index in [2.05, 4.69) is 10.6 Å². The van der Waals surface area contributed by atoms with E-state index in [0.717, 1.165) is 0 Å². The summed E-state index contributed by atoms with van der Waals surface area (Å²) in [7, 11) is 0. The molecule has 0 bridgehead atoms. The van der Waals surface area contributed by atoms with E-state index in [-0.39, 0.29) is 34.6 Å². The summed E-state index contributed by atoms with van der Waals surface area (Å²) >= 11 is 17.9. The number of nitrogens with one attached hydrogen (secondary N) is 2. The Morgan fingerprint density at radius 2 is 1.88 bits per heavy atom. The molecule has 0 spiro atoms. The predicted molar refractivity (Wildman–Crippen MR) is 91.8 cm³/mol. The number of halogens is 3. The van der Waals surface area contributed by atoms with Crippen LogP contribution in [0.15, 0.2) is 23.4 Å². The second kappa shape index (κ2) is 7.96. The number of esters is 1. The minimum absolute atomic E-state index is 0.0937. The largest absolute Gasteiger partial charge is 0.486 e. The molecule has 0 radical (unpaired) electrons. The Morgan fingerprint density at radius 3 is 2.54 bits per heavy atom. The van der Waals surface area contributed by atoms with Crippen molar-refractivity contribution in [3.63, 3.8) is 0 Å². The van der Waals surface area contributed by atoms with Gasteiger partial charge in [0.05, 0.1) is 39.0 Å². The number of carbonyl (C=O) groups is 2. The molecule has 0 aromatic heterocycles. The third-order valence-electron chi connectivity index (χ3n) is 3.21. The molecule has 1 aromatic carbocycles. The molecule has 0 saturated carbocycles. The Hall–Kier alpha value is -1.63. The van der Waals surface area contributed by atoms with Gasteiger partial charge in [-0.3, -0.25) is 0 Å². The fraction of sp³-hybridized carbons (Fsp3) is 0.333. The van der Waals surface area contributed by atoms with Gasteiger partial charge in [0.15, 0.2) is 0 Å². The molecule has 2 N–H and O–H groups in total. The van der Waals surface area contributed by atoms with Gasteiger partial charge in [-0.1, -0.05) is 34.8 Å². The molecule has 1 aliphatic heterocycles. The molecule has 9 heteroatoms. The summed E-state index contributed by atoms with van der Waals surface area (Å²) in [6, 6.07) is 1.96. The third-order valence-corrected chi connectivity index (χ3v) is 4.23. The van der Waals surface area contributed by atoms with Crippen LogP contribution in [0.2, 0.25) is 15.1 Å². The first-order chi connectivity index (χ1) is 11.3. The number of hydrogen-bond donors (Lipinski definition) is 2. The summed E-state index contributed by atoms with van der Waals surface area (Å²) in [5, 5.41) is 5.98. The van der Waals surface area contributed by atoms with E-state index in [1.807, 2.05) is 0 Å². The quantitative estimate of drug-likeness (QED) is 0.592. The van der Waals surface area contributed by atoms with Crippen molar-refractivity contribution in [3.8, 4) is 5.75 Å². The maximum Gasteiger partial charge on any atom is 0.338 e. The van der Waals surface area contributed by atoms with Gasteiger partial charge in [-0.2, -0.15) is 0 Å². The highest BCUT2D eigenvalue weighted by Gasteiger charge is 2.30. The van der Waals surface area contributed by atoms with Gasteiger partial charge in [0, 0.05) is 6.07 Å². The van der Waals surface area contributed by atoms with Crippen LogP contribution in [0.25, 0.3) is 0 Å². The first kappa shape index (κ1) is 18.7. The Balaban J connectivity index is 2.26. The maximum absolute atomic E-state index is 12.1. The lowest BCUT2D eigenvalue weighted by Gasteiger charge is -2.26. The molecule has 24 heavy (non-hydrogen) atoms. The number of rotatable bonds is 5. The standard InChI is InChI=1S/C15H15Cl3N2O4/c1-3-23-14(21)13-7(2)19-15(22)20-11(13)6-24-12-5-9(17)8(16)4-10(12)18/h4-5,7H,3,6H2,1-2H3,(H2,19,20,22)/t7-/m1/s1. The second-order valence-corrected chi connectivity index (χ2v) is 6.14. The highest BCUT2D eigenvalue weighted by molar-refractivity contribution is 6.43. The minimum atomic E-state index is -0.531. The van der Waals surface area contributed by atoms with Crippen molar-refractivity contribution >= 4 is 46.8 Å². The monoisotopic (exact) mass is 392 g/mol. The van der Waals surface area contributed by atoms with E-state index in [0.29, 0.717) is 10.7 Å². The number of benzene rings is 1. The molecule has 130 valence electrons. The Kier molecular flexibility index (Phi) is 6.21. The molecule has 1 atom stereocenters. The van der Waals surface area contributed by atoms with Gasteiger partial charge < -0.3 is 20.1 Å². The summed E-state index contributed by atoms with van der Waals surface area (Å²) in [6.45, 7) is 3.50. The van der Waals surface area contributed by atoms with Crippen molar-refractivity contribution in [2.75, 3.05) is 13.2 Å². The molecule has 0 saturated heterocycles. The Bertz CT molecular complexity index is 706. The highest BCUT2D eigenvalue weighted by atomic mass is 35.5. The number of hydrogen-bond acceptors (Lipinski definition) is 4. The molecule has 0 fully saturated rings. The number of amides is 2. The van der Waals surface area contributed by atoms with Crippen LogP contribution in [0, 0.1) is 0 Å². The number of ether oxygens (including phenoxy) is 2. The van der Waals surface area contributed by atoms with Crippen molar-refractivity contribution in [2.45, 2.75) is 19.9 Å². The molecule has 0 aliphatic carbocycles. The molecule has 1 aliphatic rings. The molecule has 2 rings (SSSR count). The van der Waals surface area contributed by atoms with Crippen LogP contribution in [0.5, 0.6) is 5.75 Å². The number of urea groups is 1. The predicted octanol–water partition coefficient (Wildman–Crippen LogP) is 3.54. The molecule has 6 nitrogen and oxygen atoms in total. The van der Waals surface area contributed by atoms with Crippen molar-refractivity contribution in [1.29, 1.82) is 0 Å². The summed E-state index contributed by atoms with van der Waals surface area (Å²) in [5.41, 5.74) is 0.583. The first-order valence-corrected chi connectivity index (χ1v) is 8.21. The lowest BCUT2D eigenvalue weighted by atomic mass is 10.0. The summed E-state index contributed by atoms with van der Waals surface area (Å²) in [5.74, 6) is -0.251. The Morgan fingerprint density at radius 1 is 1.21 bits per heavy atom. The highest BCUT2D eigenvalue weighted by Crippen LogP contribution is 2.34. The molecule has 1 heterocycles. The van der Waals surface area contributed by atoms with E-state index in [1.165, 1.54) is 12.1 Å². The summed E-state index contributed by atoms with van der Waals surface area (Å²) in [6.07, 6.45) is 0. The van der Waals surface area contributed by atoms with Crippen molar-refractivity contribution in [1.82, 2.24) is 10.6 Å². The topological polar surface area (TPSA) is 76.7 Å². The normalized spacial score (nSPS) is 17.2. The second-order valence-electron chi connectivity index (χ2n) is 4.92. The fourth-order valence-corrected chi connectivity index (χ4v) is 2.75. The lowest BCUT2D eigenvalue weighted by molar-refractivity contribution is -0.139. The van der Waals surface area contributed by atoms with Crippen molar-refractivity contribution in [3.05, 3.63) is 38.5 Å². The van der Waals surface area contributed by atoms with Crippen LogP contribution in [0.4, 0.5) is 4.79 Å². The zero-order valence-electron chi connectivity index (χ0n) is 12.9.